The van der Waals surface area contributed by atoms with Gasteiger partial charge in [0.25, 0.3) is 0 Å². The minimum atomic E-state index is -0.898. The topological polar surface area (TPSA) is 44.0 Å². The first-order valence-electron chi connectivity index (χ1n) is 3.87. The molecule has 0 rings (SSSR count). The van der Waals surface area contributed by atoms with Gasteiger partial charge < -0.3 is 5.11 Å². The van der Waals surface area contributed by atoms with Gasteiger partial charge in [0.1, 0.15) is 0 Å². The van der Waals surface area contributed by atoms with E-state index >= 15 is 0 Å². The third-order valence-electron chi connectivity index (χ3n) is 1.16. The number of thioether (sulfide) groups is 1. The molecule has 0 aliphatic rings. The van der Waals surface area contributed by atoms with Crippen LogP contribution in [0.15, 0.2) is 11.0 Å². The fourth-order valence-electron chi connectivity index (χ4n) is 0.667. The third kappa shape index (κ3) is 4.42. The molecule has 0 fully saturated rings. The first kappa shape index (κ1) is 11.5. The Hall–Kier alpha value is -0.460. The van der Waals surface area contributed by atoms with E-state index in [9.17, 15) is 5.11 Å². The molecule has 0 aromatic carbocycles. The zero-order valence-electron chi connectivity index (χ0n) is 7.96. The van der Waals surface area contributed by atoms with Crippen LogP contribution in [0.2, 0.25) is 0 Å². The van der Waals surface area contributed by atoms with Crippen molar-refractivity contribution in [1.29, 1.82) is 5.26 Å². The van der Waals surface area contributed by atoms with Crippen molar-refractivity contribution < 1.29 is 5.11 Å². The molecule has 0 spiro atoms. The number of allylic oxidation sites excluding steroid dienone is 1. The van der Waals surface area contributed by atoms with E-state index in [1.807, 2.05) is 19.9 Å². The molecule has 0 radical (unpaired) electrons. The number of nitrogens with zero attached hydrogens (tertiary/aromatic N) is 1. The van der Waals surface area contributed by atoms with Gasteiger partial charge >= 0.3 is 0 Å². The standard InChI is InChI=1S/C9H15NOS/c1-7(2)12-8(5-6-10)9(3,4)11/h5,7,11H,1-4H3. The highest BCUT2D eigenvalue weighted by molar-refractivity contribution is 8.03. The number of nitriles is 1. The normalized spacial score (nSPS) is 13.2. The van der Waals surface area contributed by atoms with Crippen LogP contribution in [0.25, 0.3) is 0 Å². The van der Waals surface area contributed by atoms with E-state index < -0.39 is 5.60 Å². The summed E-state index contributed by atoms with van der Waals surface area (Å²) < 4.78 is 0. The number of aliphatic hydroxyl groups is 1. The molecule has 0 heterocycles. The van der Waals surface area contributed by atoms with Crippen LogP contribution < -0.4 is 0 Å². The lowest BCUT2D eigenvalue weighted by molar-refractivity contribution is 0.129. The Morgan fingerprint density at radius 2 is 2.08 bits per heavy atom. The van der Waals surface area contributed by atoms with Crippen LogP contribution in [0.4, 0.5) is 0 Å². The molecule has 68 valence electrons. The van der Waals surface area contributed by atoms with Crippen LogP contribution in [-0.4, -0.2) is 16.0 Å². The maximum Gasteiger partial charge on any atom is 0.0921 e. The summed E-state index contributed by atoms with van der Waals surface area (Å²) >= 11 is 1.52. The van der Waals surface area contributed by atoms with Crippen LogP contribution in [-0.2, 0) is 0 Å². The Morgan fingerprint density at radius 1 is 1.58 bits per heavy atom. The SMILES string of the molecule is CC(C)SC(=CC#N)C(C)(C)O. The average molecular weight is 185 g/mol. The highest BCUT2D eigenvalue weighted by atomic mass is 32.2. The molecule has 3 heteroatoms. The fourth-order valence-corrected chi connectivity index (χ4v) is 1.58. The average Bonchev–Trinajstić information content (AvgIpc) is 1.83. The van der Waals surface area contributed by atoms with E-state index in [0.29, 0.717) is 5.25 Å². The van der Waals surface area contributed by atoms with Gasteiger partial charge in [-0.1, -0.05) is 13.8 Å². The van der Waals surface area contributed by atoms with Crippen LogP contribution in [0.1, 0.15) is 27.7 Å². The highest BCUT2D eigenvalue weighted by Gasteiger charge is 2.20. The summed E-state index contributed by atoms with van der Waals surface area (Å²) in [5, 5.41) is 18.5. The maximum atomic E-state index is 9.62. The van der Waals surface area contributed by atoms with Crippen LogP contribution in [0, 0.1) is 11.3 Å². The van der Waals surface area contributed by atoms with Crippen molar-refractivity contribution in [3.8, 4) is 6.07 Å². The molecule has 2 nitrogen and oxygen atoms in total. The Bertz CT molecular complexity index is 208. The molecule has 1 N–H and O–H groups in total. The zero-order valence-corrected chi connectivity index (χ0v) is 8.77. The largest absolute Gasteiger partial charge is 0.385 e. The fraction of sp³-hybridized carbons (Fsp3) is 0.667. The van der Waals surface area contributed by atoms with Crippen molar-refractivity contribution in [3.05, 3.63) is 11.0 Å². The van der Waals surface area contributed by atoms with Gasteiger partial charge in [-0.2, -0.15) is 5.26 Å². The lowest BCUT2D eigenvalue weighted by atomic mass is 10.1. The summed E-state index contributed by atoms with van der Waals surface area (Å²) in [7, 11) is 0. The first-order valence-corrected chi connectivity index (χ1v) is 4.75. The summed E-state index contributed by atoms with van der Waals surface area (Å²) in [5.74, 6) is 0. The van der Waals surface area contributed by atoms with Crippen LogP contribution in [0.3, 0.4) is 0 Å². The molecule has 0 saturated carbocycles. The van der Waals surface area contributed by atoms with Crippen molar-refractivity contribution in [2.45, 2.75) is 38.5 Å². The van der Waals surface area contributed by atoms with Gasteiger partial charge in [0.15, 0.2) is 0 Å². The molecular formula is C9H15NOS. The highest BCUT2D eigenvalue weighted by Crippen LogP contribution is 2.30. The number of hydrogen-bond acceptors (Lipinski definition) is 3. The van der Waals surface area contributed by atoms with Gasteiger partial charge in [0, 0.05) is 16.2 Å². The third-order valence-corrected chi connectivity index (χ3v) is 2.50. The summed E-state index contributed by atoms with van der Waals surface area (Å²) in [5.41, 5.74) is -0.898. The summed E-state index contributed by atoms with van der Waals surface area (Å²) in [6, 6.07) is 1.94. The molecule has 12 heavy (non-hydrogen) atoms. The molecule has 0 aromatic heterocycles. The second kappa shape index (κ2) is 4.54. The Balaban J connectivity index is 4.50. The van der Waals surface area contributed by atoms with Gasteiger partial charge in [-0.25, -0.2) is 0 Å². The van der Waals surface area contributed by atoms with E-state index in [-0.39, 0.29) is 0 Å². The molecule has 0 unspecified atom stereocenters. The Morgan fingerprint density at radius 3 is 2.33 bits per heavy atom. The molecule has 0 aliphatic carbocycles. The van der Waals surface area contributed by atoms with Crippen molar-refractivity contribution in [1.82, 2.24) is 0 Å². The molecular weight excluding hydrogens is 170 g/mol. The zero-order chi connectivity index (χ0) is 9.78. The van der Waals surface area contributed by atoms with Crippen LogP contribution in [0.5, 0.6) is 0 Å². The van der Waals surface area contributed by atoms with Crippen molar-refractivity contribution in [2.75, 3.05) is 0 Å². The van der Waals surface area contributed by atoms with Gasteiger partial charge in [-0.3, -0.25) is 0 Å². The minimum Gasteiger partial charge on any atom is -0.385 e. The van der Waals surface area contributed by atoms with Crippen molar-refractivity contribution >= 4 is 11.8 Å². The monoisotopic (exact) mass is 185 g/mol. The molecule has 0 atom stereocenters. The van der Waals surface area contributed by atoms with E-state index in [2.05, 4.69) is 0 Å². The smallest absolute Gasteiger partial charge is 0.0921 e. The quantitative estimate of drug-likeness (QED) is 0.686. The van der Waals surface area contributed by atoms with Crippen molar-refractivity contribution in [3.63, 3.8) is 0 Å². The predicted octanol–water partition coefficient (Wildman–Crippen LogP) is 2.31. The van der Waals surface area contributed by atoms with Crippen molar-refractivity contribution in [2.24, 2.45) is 0 Å². The number of rotatable bonds is 3. The Labute approximate surface area is 78.3 Å². The molecule has 0 bridgehead atoms. The van der Waals surface area contributed by atoms with Crippen LogP contribution >= 0.6 is 11.8 Å². The number of hydrogen-bond donors (Lipinski definition) is 1. The van der Waals surface area contributed by atoms with Gasteiger partial charge in [-0.15, -0.1) is 11.8 Å². The maximum absolute atomic E-state index is 9.62. The minimum absolute atomic E-state index is 0.385. The van der Waals surface area contributed by atoms with E-state index in [1.165, 1.54) is 17.8 Å². The second-order valence-electron chi connectivity index (χ2n) is 3.36. The summed E-state index contributed by atoms with van der Waals surface area (Å²) in [6.45, 7) is 7.43. The first-order chi connectivity index (χ1) is 5.38. The summed E-state index contributed by atoms with van der Waals surface area (Å²) in [6.07, 6.45) is 1.41. The summed E-state index contributed by atoms with van der Waals surface area (Å²) in [4.78, 5) is 0.722. The lowest BCUT2D eigenvalue weighted by Crippen LogP contribution is -2.20. The molecule has 0 saturated heterocycles. The van der Waals surface area contributed by atoms with E-state index in [1.54, 1.807) is 13.8 Å². The lowest BCUT2D eigenvalue weighted by Gasteiger charge is -2.21. The predicted molar refractivity (Wildman–Crippen MR) is 52.7 cm³/mol. The van der Waals surface area contributed by atoms with E-state index in [0.717, 1.165) is 4.91 Å². The second-order valence-corrected chi connectivity index (χ2v) is 4.98. The molecule has 0 amide bonds. The van der Waals surface area contributed by atoms with E-state index in [4.69, 9.17) is 5.26 Å². The molecule has 0 aliphatic heterocycles. The van der Waals surface area contributed by atoms with Gasteiger partial charge in [0.2, 0.25) is 0 Å². The van der Waals surface area contributed by atoms with Gasteiger partial charge in [0.05, 0.1) is 11.7 Å². The van der Waals surface area contributed by atoms with Gasteiger partial charge in [-0.05, 0) is 13.8 Å². The Kier molecular flexibility index (Phi) is 4.36. The molecule has 0 aromatic rings.